The van der Waals surface area contributed by atoms with Crippen molar-refractivity contribution in [2.24, 2.45) is 0 Å². The van der Waals surface area contributed by atoms with E-state index in [2.05, 4.69) is 10.2 Å². The molecule has 1 unspecified atom stereocenters. The van der Waals surface area contributed by atoms with Gasteiger partial charge in [0.2, 0.25) is 5.95 Å². The van der Waals surface area contributed by atoms with E-state index in [1.54, 1.807) is 0 Å². The topological polar surface area (TPSA) is 94.0 Å². The predicted octanol–water partition coefficient (Wildman–Crippen LogP) is 0.715. The number of anilines is 1. The second-order valence-corrected chi connectivity index (χ2v) is 5.50. The van der Waals surface area contributed by atoms with Gasteiger partial charge in [0.1, 0.15) is 0 Å². The highest BCUT2D eigenvalue weighted by molar-refractivity contribution is 8.00. The summed E-state index contributed by atoms with van der Waals surface area (Å²) in [6, 6.07) is 0.302. The number of aromatic nitrogens is 3. The van der Waals surface area contributed by atoms with Crippen LogP contribution < -0.4 is 5.73 Å². The van der Waals surface area contributed by atoms with E-state index >= 15 is 0 Å². The van der Waals surface area contributed by atoms with Gasteiger partial charge in [0.25, 0.3) is 0 Å². The van der Waals surface area contributed by atoms with Crippen LogP contribution in [0.1, 0.15) is 12.5 Å². The molecule has 0 saturated carbocycles. The molecule has 0 spiro atoms. The lowest BCUT2D eigenvalue weighted by molar-refractivity contribution is -0.133. The number of carbonyl (C=O) groups is 1. The van der Waals surface area contributed by atoms with Gasteiger partial charge in [0.05, 0.1) is 5.75 Å². The van der Waals surface area contributed by atoms with Crippen LogP contribution >= 0.6 is 23.5 Å². The van der Waals surface area contributed by atoms with Gasteiger partial charge in [0.15, 0.2) is 5.16 Å². The highest BCUT2D eigenvalue weighted by Gasteiger charge is 2.23. The second-order valence-electron chi connectivity index (χ2n) is 3.41. The lowest BCUT2D eigenvalue weighted by atomic mass is 10.3. The van der Waals surface area contributed by atoms with E-state index in [1.807, 2.05) is 16.3 Å². The van der Waals surface area contributed by atoms with Gasteiger partial charge in [-0.3, -0.25) is 9.36 Å². The average Bonchev–Trinajstić information content (AvgIpc) is 2.83. The summed E-state index contributed by atoms with van der Waals surface area (Å²) in [4.78, 5) is 10.5. The first-order chi connectivity index (χ1) is 7.68. The molecule has 1 aromatic heterocycles. The van der Waals surface area contributed by atoms with Crippen molar-refractivity contribution in [2.75, 3.05) is 23.0 Å². The van der Waals surface area contributed by atoms with E-state index in [1.165, 1.54) is 0 Å². The Bertz CT molecular complexity index is 389. The third kappa shape index (κ3) is 2.43. The molecule has 0 radical (unpaired) electrons. The quantitative estimate of drug-likeness (QED) is 0.770. The van der Waals surface area contributed by atoms with Gasteiger partial charge in [-0.25, -0.2) is 0 Å². The van der Waals surface area contributed by atoms with Gasteiger partial charge >= 0.3 is 5.97 Å². The Kier molecular flexibility index (Phi) is 3.59. The Labute approximate surface area is 101 Å². The highest BCUT2D eigenvalue weighted by atomic mass is 32.2. The minimum Gasteiger partial charge on any atom is -0.481 e. The third-order valence-electron chi connectivity index (χ3n) is 2.29. The van der Waals surface area contributed by atoms with Crippen molar-refractivity contribution in [3.63, 3.8) is 0 Å². The van der Waals surface area contributed by atoms with E-state index in [4.69, 9.17) is 10.8 Å². The fraction of sp³-hybridized carbons (Fsp3) is 0.625. The van der Waals surface area contributed by atoms with Crippen LogP contribution in [-0.2, 0) is 4.79 Å². The molecule has 88 valence electrons. The standard InChI is InChI=1S/C8H12N4O2S2/c9-7-10-11-8(16-4-6(13)14)12(7)5-1-2-15-3-5/h5H,1-4H2,(H2,9,10)(H,13,14). The van der Waals surface area contributed by atoms with Gasteiger partial charge in [-0.2, -0.15) is 11.8 Å². The summed E-state index contributed by atoms with van der Waals surface area (Å²) >= 11 is 3.03. The molecule has 2 rings (SSSR count). The zero-order chi connectivity index (χ0) is 11.5. The van der Waals surface area contributed by atoms with Gasteiger partial charge < -0.3 is 10.8 Å². The zero-order valence-corrected chi connectivity index (χ0v) is 10.1. The Morgan fingerprint density at radius 3 is 3.12 bits per heavy atom. The van der Waals surface area contributed by atoms with Crippen LogP contribution in [0.15, 0.2) is 5.16 Å². The molecule has 1 aromatic rings. The van der Waals surface area contributed by atoms with Crippen LogP contribution in [-0.4, -0.2) is 43.1 Å². The first kappa shape index (κ1) is 11.6. The molecule has 2 heterocycles. The van der Waals surface area contributed by atoms with Crippen LogP contribution in [0.2, 0.25) is 0 Å². The van der Waals surface area contributed by atoms with Crippen molar-refractivity contribution in [3.05, 3.63) is 0 Å². The molecule has 0 bridgehead atoms. The number of carboxylic acid groups (broad SMARTS) is 1. The van der Waals surface area contributed by atoms with Crippen molar-refractivity contribution >= 4 is 35.4 Å². The lowest BCUT2D eigenvalue weighted by Crippen LogP contribution is -2.13. The summed E-state index contributed by atoms with van der Waals surface area (Å²) in [7, 11) is 0. The maximum atomic E-state index is 10.5. The number of hydrogen-bond acceptors (Lipinski definition) is 6. The summed E-state index contributed by atoms with van der Waals surface area (Å²) in [5.41, 5.74) is 5.75. The van der Waals surface area contributed by atoms with Gasteiger partial charge in [0, 0.05) is 11.8 Å². The molecule has 6 nitrogen and oxygen atoms in total. The van der Waals surface area contributed by atoms with Gasteiger partial charge in [-0.15, -0.1) is 10.2 Å². The molecule has 8 heteroatoms. The predicted molar refractivity (Wildman–Crippen MR) is 63.8 cm³/mol. The Morgan fingerprint density at radius 2 is 2.50 bits per heavy atom. The number of aliphatic carboxylic acids is 1. The molecule has 0 aromatic carbocycles. The van der Waals surface area contributed by atoms with Crippen LogP contribution in [0.25, 0.3) is 0 Å². The van der Waals surface area contributed by atoms with Crippen LogP contribution in [0.4, 0.5) is 5.95 Å². The normalized spacial score (nSPS) is 20.1. The number of nitrogens with two attached hydrogens (primary N) is 1. The van der Waals surface area contributed by atoms with E-state index in [-0.39, 0.29) is 5.75 Å². The molecule has 16 heavy (non-hydrogen) atoms. The fourth-order valence-corrected chi connectivity index (χ4v) is 3.51. The number of nitrogens with zero attached hydrogens (tertiary/aromatic N) is 3. The third-order valence-corrected chi connectivity index (χ3v) is 4.36. The SMILES string of the molecule is Nc1nnc(SCC(=O)O)n1C1CCSC1. The van der Waals surface area contributed by atoms with Crippen molar-refractivity contribution in [3.8, 4) is 0 Å². The van der Waals surface area contributed by atoms with E-state index in [0.717, 1.165) is 29.7 Å². The van der Waals surface area contributed by atoms with Crippen LogP contribution in [0.5, 0.6) is 0 Å². The summed E-state index contributed by atoms with van der Waals surface area (Å²) in [5, 5.41) is 16.9. The largest absolute Gasteiger partial charge is 0.481 e. The van der Waals surface area contributed by atoms with E-state index in [0.29, 0.717) is 17.1 Å². The van der Waals surface area contributed by atoms with Crippen molar-refractivity contribution in [2.45, 2.75) is 17.6 Å². The zero-order valence-electron chi connectivity index (χ0n) is 8.50. The summed E-state index contributed by atoms with van der Waals surface area (Å²) in [5.74, 6) is 1.59. The molecule has 0 amide bonds. The van der Waals surface area contributed by atoms with Gasteiger partial charge in [-0.1, -0.05) is 11.8 Å². The average molecular weight is 260 g/mol. The smallest absolute Gasteiger partial charge is 0.313 e. The molecule has 0 aliphatic carbocycles. The summed E-state index contributed by atoms with van der Waals surface area (Å²) in [6.45, 7) is 0. The number of nitrogen functional groups attached to an aromatic ring is 1. The molecule has 1 aliphatic rings. The number of rotatable bonds is 4. The lowest BCUT2D eigenvalue weighted by Gasteiger charge is -2.13. The molecule has 1 atom stereocenters. The molecule has 1 aliphatic heterocycles. The molecule has 3 N–H and O–H groups in total. The minimum atomic E-state index is -0.862. The van der Waals surface area contributed by atoms with E-state index in [9.17, 15) is 4.79 Å². The van der Waals surface area contributed by atoms with E-state index < -0.39 is 5.97 Å². The molecule has 1 saturated heterocycles. The Hall–Kier alpha value is -0.890. The number of carboxylic acids is 1. The first-order valence-corrected chi connectivity index (χ1v) is 6.95. The van der Waals surface area contributed by atoms with Crippen molar-refractivity contribution in [1.29, 1.82) is 0 Å². The summed E-state index contributed by atoms with van der Waals surface area (Å²) in [6.07, 6.45) is 1.04. The monoisotopic (exact) mass is 260 g/mol. The van der Waals surface area contributed by atoms with Crippen molar-refractivity contribution < 1.29 is 9.90 Å². The first-order valence-electron chi connectivity index (χ1n) is 4.81. The highest BCUT2D eigenvalue weighted by Crippen LogP contribution is 2.32. The fourth-order valence-electron chi connectivity index (χ4n) is 1.58. The van der Waals surface area contributed by atoms with Gasteiger partial charge in [-0.05, 0) is 12.2 Å². The maximum Gasteiger partial charge on any atom is 0.313 e. The van der Waals surface area contributed by atoms with Crippen molar-refractivity contribution in [1.82, 2.24) is 14.8 Å². The summed E-state index contributed by atoms with van der Waals surface area (Å²) < 4.78 is 1.85. The molecule has 1 fully saturated rings. The molecular weight excluding hydrogens is 248 g/mol. The number of thioether (sulfide) groups is 2. The number of hydrogen-bond donors (Lipinski definition) is 2. The Morgan fingerprint density at radius 1 is 1.69 bits per heavy atom. The second kappa shape index (κ2) is 4.96. The van der Waals surface area contributed by atoms with Crippen LogP contribution in [0, 0.1) is 0 Å². The minimum absolute atomic E-state index is 0.0159. The van der Waals surface area contributed by atoms with Crippen LogP contribution in [0.3, 0.4) is 0 Å². The molecular formula is C8H12N4O2S2. The Balaban J connectivity index is 2.14. The maximum absolute atomic E-state index is 10.5.